The van der Waals surface area contributed by atoms with Crippen LogP contribution in [0.1, 0.15) is 19.4 Å². The fourth-order valence-electron chi connectivity index (χ4n) is 1.70. The van der Waals surface area contributed by atoms with E-state index in [1.165, 1.54) is 7.11 Å². The van der Waals surface area contributed by atoms with Crippen molar-refractivity contribution in [3.63, 3.8) is 0 Å². The zero-order valence-electron chi connectivity index (χ0n) is 12.0. The third-order valence-corrected chi connectivity index (χ3v) is 3.27. The minimum absolute atomic E-state index is 0. The van der Waals surface area contributed by atoms with Gasteiger partial charge >= 0.3 is 0 Å². The zero-order valence-corrected chi connectivity index (χ0v) is 13.6. The number of ether oxygens (including phenoxy) is 1. The lowest BCUT2D eigenvalue weighted by Crippen LogP contribution is -2.47. The normalized spacial score (nSPS) is 12.4. The van der Waals surface area contributed by atoms with Gasteiger partial charge in [0.15, 0.2) is 0 Å². The lowest BCUT2D eigenvalue weighted by molar-refractivity contribution is -0.123. The Labute approximate surface area is 131 Å². The van der Waals surface area contributed by atoms with Crippen LogP contribution in [0.25, 0.3) is 0 Å². The molecular formula is C14H22Cl2N2O2. The second kappa shape index (κ2) is 8.47. The molecular weight excluding hydrogens is 299 g/mol. The molecule has 0 fully saturated rings. The molecule has 1 rings (SSSR count). The number of carbonyl (C=O) groups is 1. The Morgan fingerprint density at radius 2 is 1.95 bits per heavy atom. The standard InChI is InChI=1S/C14H21ClN2O2.ClH/c1-14(2,10-4-6-11(15)7-5-10)9-17-13(18)12(16)8-19-3;/h4-7,12H,8-9,16H2,1-3H3,(H,17,18);1H. The van der Waals surface area contributed by atoms with Gasteiger partial charge in [0.2, 0.25) is 5.91 Å². The van der Waals surface area contributed by atoms with Crippen molar-refractivity contribution in [1.29, 1.82) is 0 Å². The predicted octanol–water partition coefficient (Wildman–Crippen LogP) is 2.13. The molecule has 6 heteroatoms. The van der Waals surface area contributed by atoms with Gasteiger partial charge in [-0.05, 0) is 17.7 Å². The third kappa shape index (κ3) is 5.67. The van der Waals surface area contributed by atoms with Crippen molar-refractivity contribution in [3.8, 4) is 0 Å². The summed E-state index contributed by atoms with van der Waals surface area (Å²) in [5, 5.41) is 3.54. The summed E-state index contributed by atoms with van der Waals surface area (Å²) in [6, 6.07) is 6.98. The summed E-state index contributed by atoms with van der Waals surface area (Å²) in [5.41, 5.74) is 6.58. The predicted molar refractivity (Wildman–Crippen MR) is 84.6 cm³/mol. The van der Waals surface area contributed by atoms with E-state index in [4.69, 9.17) is 22.1 Å². The van der Waals surface area contributed by atoms with E-state index in [0.29, 0.717) is 11.6 Å². The molecule has 0 aliphatic rings. The molecule has 0 heterocycles. The molecule has 1 aromatic carbocycles. The number of rotatable bonds is 6. The Balaban J connectivity index is 0.00000361. The van der Waals surface area contributed by atoms with Crippen LogP contribution in [-0.2, 0) is 14.9 Å². The summed E-state index contributed by atoms with van der Waals surface area (Å²) in [7, 11) is 1.52. The average molecular weight is 321 g/mol. The molecule has 20 heavy (non-hydrogen) atoms. The van der Waals surface area contributed by atoms with Gasteiger partial charge in [-0.1, -0.05) is 37.6 Å². The number of carbonyl (C=O) groups excluding carboxylic acids is 1. The summed E-state index contributed by atoms with van der Waals surface area (Å²) in [6.07, 6.45) is 0. The minimum Gasteiger partial charge on any atom is -0.383 e. The highest BCUT2D eigenvalue weighted by Gasteiger charge is 2.22. The number of hydrogen-bond donors (Lipinski definition) is 2. The van der Waals surface area contributed by atoms with Crippen LogP contribution in [0.2, 0.25) is 5.02 Å². The van der Waals surface area contributed by atoms with Crippen LogP contribution in [0.4, 0.5) is 0 Å². The highest BCUT2D eigenvalue weighted by Crippen LogP contribution is 2.23. The third-order valence-electron chi connectivity index (χ3n) is 3.01. The Hall–Kier alpha value is -0.810. The van der Waals surface area contributed by atoms with Gasteiger partial charge in [0.05, 0.1) is 6.61 Å². The molecule has 1 unspecified atom stereocenters. The summed E-state index contributed by atoms with van der Waals surface area (Å²) in [4.78, 5) is 11.7. The number of benzene rings is 1. The zero-order chi connectivity index (χ0) is 14.5. The Morgan fingerprint density at radius 3 is 2.45 bits per heavy atom. The van der Waals surface area contributed by atoms with Crippen molar-refractivity contribution >= 4 is 29.9 Å². The largest absolute Gasteiger partial charge is 0.383 e. The van der Waals surface area contributed by atoms with E-state index < -0.39 is 6.04 Å². The van der Waals surface area contributed by atoms with E-state index in [2.05, 4.69) is 19.2 Å². The van der Waals surface area contributed by atoms with Crippen molar-refractivity contribution < 1.29 is 9.53 Å². The number of nitrogens with two attached hydrogens (primary N) is 1. The van der Waals surface area contributed by atoms with Crippen molar-refractivity contribution in [1.82, 2.24) is 5.32 Å². The molecule has 1 amide bonds. The highest BCUT2D eigenvalue weighted by molar-refractivity contribution is 6.30. The maximum absolute atomic E-state index is 11.7. The molecule has 1 atom stereocenters. The van der Waals surface area contributed by atoms with Crippen LogP contribution in [0.3, 0.4) is 0 Å². The van der Waals surface area contributed by atoms with Crippen LogP contribution >= 0.6 is 24.0 Å². The molecule has 0 aliphatic carbocycles. The second-order valence-corrected chi connectivity index (χ2v) is 5.61. The molecule has 0 bridgehead atoms. The first-order valence-electron chi connectivity index (χ1n) is 6.15. The van der Waals surface area contributed by atoms with E-state index in [0.717, 1.165) is 5.56 Å². The van der Waals surface area contributed by atoms with Crippen molar-refractivity contribution in [2.24, 2.45) is 5.73 Å². The fraction of sp³-hybridized carbons (Fsp3) is 0.500. The Kier molecular flexibility index (Phi) is 8.13. The van der Waals surface area contributed by atoms with Crippen LogP contribution in [0.5, 0.6) is 0 Å². The molecule has 0 radical (unpaired) electrons. The number of halogens is 2. The van der Waals surface area contributed by atoms with Gasteiger partial charge < -0.3 is 15.8 Å². The minimum atomic E-state index is -0.633. The van der Waals surface area contributed by atoms with E-state index in [1.807, 2.05) is 24.3 Å². The molecule has 0 saturated heterocycles. The van der Waals surface area contributed by atoms with Crippen molar-refractivity contribution in [2.75, 3.05) is 20.3 Å². The summed E-state index contributed by atoms with van der Waals surface area (Å²) in [6.45, 7) is 4.83. The van der Waals surface area contributed by atoms with Gasteiger partial charge in [-0.25, -0.2) is 0 Å². The molecule has 4 nitrogen and oxygen atoms in total. The Bertz CT molecular complexity index is 422. The lowest BCUT2D eigenvalue weighted by Gasteiger charge is -2.26. The average Bonchev–Trinajstić information content (AvgIpc) is 2.37. The summed E-state index contributed by atoms with van der Waals surface area (Å²) in [5.74, 6) is -0.205. The van der Waals surface area contributed by atoms with Gasteiger partial charge in [-0.15, -0.1) is 12.4 Å². The number of hydrogen-bond acceptors (Lipinski definition) is 3. The molecule has 0 saturated carbocycles. The second-order valence-electron chi connectivity index (χ2n) is 5.17. The molecule has 1 aromatic rings. The molecule has 0 spiro atoms. The van der Waals surface area contributed by atoms with Gasteiger partial charge in [0.25, 0.3) is 0 Å². The quantitative estimate of drug-likeness (QED) is 0.844. The van der Waals surface area contributed by atoms with E-state index >= 15 is 0 Å². The number of amides is 1. The van der Waals surface area contributed by atoms with Crippen LogP contribution < -0.4 is 11.1 Å². The maximum atomic E-state index is 11.7. The maximum Gasteiger partial charge on any atom is 0.239 e. The monoisotopic (exact) mass is 320 g/mol. The van der Waals surface area contributed by atoms with Crippen LogP contribution in [0.15, 0.2) is 24.3 Å². The molecule has 0 aliphatic heterocycles. The number of nitrogens with one attached hydrogen (secondary N) is 1. The first-order chi connectivity index (χ1) is 8.86. The fourth-order valence-corrected chi connectivity index (χ4v) is 1.82. The Morgan fingerprint density at radius 1 is 1.40 bits per heavy atom. The molecule has 3 N–H and O–H groups in total. The first-order valence-corrected chi connectivity index (χ1v) is 6.53. The molecule has 114 valence electrons. The highest BCUT2D eigenvalue weighted by atomic mass is 35.5. The molecule has 0 aromatic heterocycles. The topological polar surface area (TPSA) is 64.3 Å². The summed E-state index contributed by atoms with van der Waals surface area (Å²) < 4.78 is 4.85. The SMILES string of the molecule is COCC(N)C(=O)NCC(C)(C)c1ccc(Cl)cc1.Cl. The van der Waals surface area contributed by atoms with E-state index in [1.54, 1.807) is 0 Å². The van der Waals surface area contributed by atoms with Crippen LogP contribution in [0, 0.1) is 0 Å². The van der Waals surface area contributed by atoms with Gasteiger partial charge in [-0.3, -0.25) is 4.79 Å². The van der Waals surface area contributed by atoms with Gasteiger partial charge in [-0.2, -0.15) is 0 Å². The van der Waals surface area contributed by atoms with Gasteiger partial charge in [0, 0.05) is 24.1 Å². The summed E-state index contributed by atoms with van der Waals surface area (Å²) >= 11 is 5.87. The lowest BCUT2D eigenvalue weighted by atomic mass is 9.84. The number of methoxy groups -OCH3 is 1. The van der Waals surface area contributed by atoms with Crippen molar-refractivity contribution in [2.45, 2.75) is 25.3 Å². The van der Waals surface area contributed by atoms with Crippen LogP contribution in [-0.4, -0.2) is 32.2 Å². The first kappa shape index (κ1) is 19.2. The van der Waals surface area contributed by atoms with E-state index in [-0.39, 0.29) is 30.3 Å². The van der Waals surface area contributed by atoms with E-state index in [9.17, 15) is 4.79 Å². The van der Waals surface area contributed by atoms with Gasteiger partial charge in [0.1, 0.15) is 6.04 Å². The van der Waals surface area contributed by atoms with Crippen molar-refractivity contribution in [3.05, 3.63) is 34.9 Å². The smallest absolute Gasteiger partial charge is 0.239 e.